The topological polar surface area (TPSA) is 58.6 Å². The number of benzene rings is 2. The number of hydrogen-bond donors (Lipinski definition) is 2. The van der Waals surface area contributed by atoms with Gasteiger partial charge in [-0.2, -0.15) is 0 Å². The standard InChI is InChI=1S/C20H21NO3/c22-18-11-15-4-1-2-7-17(15)20(18)21-19(23)12-24-16-9-8-13-5-3-6-14(13)10-16/h1-2,4,7-10,18,20,22H,3,5-6,11-12H2,(H,21,23). The van der Waals surface area contributed by atoms with E-state index in [2.05, 4.69) is 11.4 Å². The highest BCUT2D eigenvalue weighted by Crippen LogP contribution is 2.31. The molecule has 2 aromatic carbocycles. The average molecular weight is 323 g/mol. The molecule has 2 aliphatic carbocycles. The van der Waals surface area contributed by atoms with Gasteiger partial charge in [-0.05, 0) is 53.6 Å². The van der Waals surface area contributed by atoms with Gasteiger partial charge in [0.2, 0.25) is 0 Å². The van der Waals surface area contributed by atoms with Gasteiger partial charge in [0.1, 0.15) is 5.75 Å². The van der Waals surface area contributed by atoms with Crippen LogP contribution >= 0.6 is 0 Å². The van der Waals surface area contributed by atoms with E-state index >= 15 is 0 Å². The maximum Gasteiger partial charge on any atom is 0.258 e. The number of carbonyl (C=O) groups is 1. The molecular formula is C20H21NO3. The van der Waals surface area contributed by atoms with Crippen molar-refractivity contribution in [2.45, 2.75) is 37.8 Å². The van der Waals surface area contributed by atoms with E-state index in [1.807, 2.05) is 36.4 Å². The summed E-state index contributed by atoms with van der Waals surface area (Å²) in [6.45, 7) is -0.0375. The Morgan fingerprint density at radius 3 is 2.88 bits per heavy atom. The van der Waals surface area contributed by atoms with E-state index in [1.54, 1.807) is 0 Å². The van der Waals surface area contributed by atoms with Gasteiger partial charge in [0.25, 0.3) is 5.91 Å². The second-order valence-electron chi connectivity index (χ2n) is 6.59. The molecule has 2 unspecified atom stereocenters. The number of aliphatic hydroxyl groups excluding tert-OH is 1. The van der Waals surface area contributed by atoms with Gasteiger partial charge in [-0.15, -0.1) is 0 Å². The number of aryl methyl sites for hydroxylation is 2. The zero-order valence-corrected chi connectivity index (χ0v) is 13.5. The van der Waals surface area contributed by atoms with Crippen LogP contribution in [0.25, 0.3) is 0 Å². The van der Waals surface area contributed by atoms with Crippen LogP contribution < -0.4 is 10.1 Å². The van der Waals surface area contributed by atoms with Crippen molar-refractivity contribution in [1.82, 2.24) is 5.32 Å². The molecule has 1 amide bonds. The molecule has 0 aromatic heterocycles. The van der Waals surface area contributed by atoms with E-state index < -0.39 is 6.10 Å². The van der Waals surface area contributed by atoms with Crippen molar-refractivity contribution >= 4 is 5.91 Å². The summed E-state index contributed by atoms with van der Waals surface area (Å²) >= 11 is 0. The molecular weight excluding hydrogens is 302 g/mol. The largest absolute Gasteiger partial charge is 0.484 e. The van der Waals surface area contributed by atoms with Crippen LogP contribution in [0.2, 0.25) is 0 Å². The number of hydrogen-bond acceptors (Lipinski definition) is 3. The first-order valence-corrected chi connectivity index (χ1v) is 8.50. The summed E-state index contributed by atoms with van der Waals surface area (Å²) in [5, 5.41) is 13.1. The Labute approximate surface area is 141 Å². The molecule has 0 saturated heterocycles. The summed E-state index contributed by atoms with van der Waals surface area (Å²) in [5.74, 6) is 0.523. The number of carbonyl (C=O) groups excluding carboxylic acids is 1. The van der Waals surface area contributed by atoms with E-state index in [4.69, 9.17) is 4.74 Å². The van der Waals surface area contributed by atoms with Crippen molar-refractivity contribution in [3.05, 3.63) is 64.7 Å². The Morgan fingerprint density at radius 1 is 1.12 bits per heavy atom. The van der Waals surface area contributed by atoms with Crippen LogP contribution in [-0.2, 0) is 24.1 Å². The van der Waals surface area contributed by atoms with E-state index in [9.17, 15) is 9.90 Å². The minimum absolute atomic E-state index is 0.0375. The van der Waals surface area contributed by atoms with Crippen LogP contribution in [0, 0.1) is 0 Å². The van der Waals surface area contributed by atoms with Gasteiger partial charge in [-0.1, -0.05) is 30.3 Å². The molecule has 2 atom stereocenters. The summed E-state index contributed by atoms with van der Waals surface area (Å²) < 4.78 is 5.63. The van der Waals surface area contributed by atoms with Crippen molar-refractivity contribution < 1.29 is 14.6 Å². The van der Waals surface area contributed by atoms with Gasteiger partial charge in [0, 0.05) is 6.42 Å². The third-order valence-corrected chi connectivity index (χ3v) is 4.96. The van der Waals surface area contributed by atoms with E-state index in [0.717, 1.165) is 29.7 Å². The minimum Gasteiger partial charge on any atom is -0.484 e. The third-order valence-electron chi connectivity index (χ3n) is 4.96. The monoisotopic (exact) mass is 323 g/mol. The van der Waals surface area contributed by atoms with Crippen molar-refractivity contribution in [3.63, 3.8) is 0 Å². The highest BCUT2D eigenvalue weighted by molar-refractivity contribution is 5.78. The number of aliphatic hydroxyl groups is 1. The van der Waals surface area contributed by atoms with Crippen LogP contribution in [0.15, 0.2) is 42.5 Å². The second kappa shape index (κ2) is 6.29. The van der Waals surface area contributed by atoms with E-state index in [-0.39, 0.29) is 18.6 Å². The number of amides is 1. The predicted molar refractivity (Wildman–Crippen MR) is 91.0 cm³/mol. The number of rotatable bonds is 4. The molecule has 0 fully saturated rings. The maximum atomic E-state index is 12.2. The van der Waals surface area contributed by atoms with Crippen LogP contribution in [0.4, 0.5) is 0 Å². The first kappa shape index (κ1) is 15.2. The third kappa shape index (κ3) is 2.89. The molecule has 0 spiro atoms. The Kier molecular flexibility index (Phi) is 3.98. The highest BCUT2D eigenvalue weighted by Gasteiger charge is 2.31. The minimum atomic E-state index is -0.577. The van der Waals surface area contributed by atoms with Gasteiger partial charge in [0.15, 0.2) is 6.61 Å². The summed E-state index contributed by atoms with van der Waals surface area (Å²) in [5.41, 5.74) is 4.80. The van der Waals surface area contributed by atoms with E-state index in [0.29, 0.717) is 6.42 Å². The summed E-state index contributed by atoms with van der Waals surface area (Å²) in [7, 11) is 0. The van der Waals surface area contributed by atoms with Crippen molar-refractivity contribution in [2.75, 3.05) is 6.61 Å². The van der Waals surface area contributed by atoms with E-state index in [1.165, 1.54) is 17.5 Å². The molecule has 4 heteroatoms. The molecule has 2 aromatic rings. The fraction of sp³-hybridized carbons (Fsp3) is 0.350. The highest BCUT2D eigenvalue weighted by atomic mass is 16.5. The fourth-order valence-corrected chi connectivity index (χ4v) is 3.75. The molecule has 124 valence electrons. The van der Waals surface area contributed by atoms with Crippen LogP contribution in [0.3, 0.4) is 0 Å². The lowest BCUT2D eigenvalue weighted by molar-refractivity contribution is -0.124. The molecule has 0 saturated carbocycles. The quantitative estimate of drug-likeness (QED) is 0.908. The average Bonchev–Trinajstić information content (AvgIpc) is 3.17. The van der Waals surface area contributed by atoms with Gasteiger partial charge < -0.3 is 15.2 Å². The van der Waals surface area contributed by atoms with Crippen molar-refractivity contribution in [1.29, 1.82) is 0 Å². The summed E-state index contributed by atoms with van der Waals surface area (Å²) in [6.07, 6.45) is 3.41. The molecule has 2 N–H and O–H groups in total. The van der Waals surface area contributed by atoms with Gasteiger partial charge >= 0.3 is 0 Å². The van der Waals surface area contributed by atoms with Crippen LogP contribution in [0.5, 0.6) is 5.75 Å². The summed E-state index contributed by atoms with van der Waals surface area (Å²) in [4.78, 5) is 12.2. The summed E-state index contributed by atoms with van der Waals surface area (Å²) in [6, 6.07) is 13.5. The van der Waals surface area contributed by atoms with Crippen molar-refractivity contribution in [3.8, 4) is 5.75 Å². The predicted octanol–water partition coefficient (Wildman–Crippen LogP) is 2.33. The van der Waals surface area contributed by atoms with Gasteiger partial charge in [-0.3, -0.25) is 4.79 Å². The normalized spacial score (nSPS) is 21.2. The molecule has 4 rings (SSSR count). The molecule has 0 radical (unpaired) electrons. The Hall–Kier alpha value is -2.33. The Bertz CT molecular complexity index is 771. The molecule has 24 heavy (non-hydrogen) atoms. The SMILES string of the molecule is O=C(COc1ccc2c(c1)CCC2)NC1c2ccccc2CC1O. The lowest BCUT2D eigenvalue weighted by Gasteiger charge is -2.18. The maximum absolute atomic E-state index is 12.2. The van der Waals surface area contributed by atoms with Crippen LogP contribution in [0.1, 0.15) is 34.7 Å². The molecule has 0 aliphatic heterocycles. The zero-order valence-electron chi connectivity index (χ0n) is 13.5. The number of nitrogens with one attached hydrogen (secondary N) is 1. The Morgan fingerprint density at radius 2 is 1.96 bits per heavy atom. The smallest absolute Gasteiger partial charge is 0.258 e. The molecule has 2 aliphatic rings. The van der Waals surface area contributed by atoms with Crippen molar-refractivity contribution in [2.24, 2.45) is 0 Å². The van der Waals surface area contributed by atoms with Crippen LogP contribution in [-0.4, -0.2) is 23.7 Å². The van der Waals surface area contributed by atoms with Gasteiger partial charge in [0.05, 0.1) is 12.1 Å². The number of fused-ring (bicyclic) bond motifs is 2. The Balaban J connectivity index is 1.37. The lowest BCUT2D eigenvalue weighted by Crippen LogP contribution is -2.36. The second-order valence-corrected chi connectivity index (χ2v) is 6.59. The number of ether oxygens (including phenoxy) is 1. The zero-order chi connectivity index (χ0) is 16.5. The van der Waals surface area contributed by atoms with Gasteiger partial charge in [-0.25, -0.2) is 0 Å². The fourth-order valence-electron chi connectivity index (χ4n) is 3.75. The lowest BCUT2D eigenvalue weighted by atomic mass is 10.1. The molecule has 0 heterocycles. The first-order chi connectivity index (χ1) is 11.7. The molecule has 4 nitrogen and oxygen atoms in total. The first-order valence-electron chi connectivity index (χ1n) is 8.50. The molecule has 0 bridgehead atoms.